The van der Waals surface area contributed by atoms with Gasteiger partial charge in [0, 0.05) is 36.9 Å². The van der Waals surface area contributed by atoms with Crippen molar-refractivity contribution in [1.29, 1.82) is 0 Å². The maximum atomic E-state index is 11.5. The monoisotopic (exact) mass is 327 g/mol. The van der Waals surface area contributed by atoms with Gasteiger partial charge in [-0.05, 0) is 19.0 Å². The lowest BCUT2D eigenvalue weighted by atomic mass is 10.1. The van der Waals surface area contributed by atoms with Gasteiger partial charge in [0.05, 0.1) is 0 Å². The molecule has 2 aromatic heterocycles. The Balaban J connectivity index is 1.59. The number of fused-ring (bicyclic) bond motifs is 1. The molecule has 0 spiro atoms. The minimum Gasteiger partial charge on any atom is -0.475 e. The van der Waals surface area contributed by atoms with E-state index in [4.69, 9.17) is 8.94 Å². The average molecular weight is 327 g/mol. The number of aryl methyl sites for hydroxylation is 1. The largest absolute Gasteiger partial charge is 0.475 e. The van der Waals surface area contributed by atoms with Crippen LogP contribution < -0.4 is 0 Å². The Bertz CT molecular complexity index is 898. The summed E-state index contributed by atoms with van der Waals surface area (Å²) in [5.41, 5.74) is 1.33. The fraction of sp³-hybridized carbons (Fsp3) is 0.353. The van der Waals surface area contributed by atoms with Crippen LogP contribution in [-0.4, -0.2) is 39.2 Å². The molecule has 1 fully saturated rings. The number of furan rings is 1. The molecule has 7 nitrogen and oxygen atoms in total. The third kappa shape index (κ3) is 2.56. The standard InChI is InChI=1S/C17H17N3O4/c1-10-18-16(19-24-10)11-6-7-20(8-11)9-13-12-4-2-3-5-14(12)23-15(13)17(21)22/h2-5,11H,6-9H2,1H3,(H,21,22). The number of benzene rings is 1. The van der Waals surface area contributed by atoms with Gasteiger partial charge in [0.15, 0.2) is 5.82 Å². The topological polar surface area (TPSA) is 92.6 Å². The number of nitrogens with zero attached hydrogens (tertiary/aromatic N) is 3. The lowest BCUT2D eigenvalue weighted by Gasteiger charge is -2.14. The van der Waals surface area contributed by atoms with Crippen molar-refractivity contribution in [3.63, 3.8) is 0 Å². The van der Waals surface area contributed by atoms with Crippen LogP contribution in [0.25, 0.3) is 11.0 Å². The lowest BCUT2D eigenvalue weighted by molar-refractivity contribution is 0.0662. The summed E-state index contributed by atoms with van der Waals surface area (Å²) in [5.74, 6) is 0.498. The minimum atomic E-state index is -1.04. The van der Waals surface area contributed by atoms with Crippen LogP contribution in [0.5, 0.6) is 0 Å². The highest BCUT2D eigenvalue weighted by Crippen LogP contribution is 2.31. The Kier molecular flexibility index (Phi) is 3.57. The molecule has 0 bridgehead atoms. The number of hydrogen-bond donors (Lipinski definition) is 1. The van der Waals surface area contributed by atoms with Crippen LogP contribution in [0.4, 0.5) is 0 Å². The van der Waals surface area contributed by atoms with Crippen LogP contribution in [0.1, 0.15) is 40.2 Å². The van der Waals surface area contributed by atoms with E-state index in [1.807, 2.05) is 18.2 Å². The maximum Gasteiger partial charge on any atom is 0.372 e. The summed E-state index contributed by atoms with van der Waals surface area (Å²) in [4.78, 5) is 18.0. The second-order valence-corrected chi connectivity index (χ2v) is 6.10. The molecule has 1 aromatic carbocycles. The van der Waals surface area contributed by atoms with Crippen LogP contribution in [0.15, 0.2) is 33.2 Å². The van der Waals surface area contributed by atoms with Gasteiger partial charge in [-0.1, -0.05) is 23.4 Å². The highest BCUT2D eigenvalue weighted by atomic mass is 16.5. The quantitative estimate of drug-likeness (QED) is 0.787. The number of likely N-dealkylation sites (tertiary alicyclic amines) is 1. The molecule has 7 heteroatoms. The van der Waals surface area contributed by atoms with E-state index in [0.29, 0.717) is 18.0 Å². The van der Waals surface area contributed by atoms with E-state index in [0.717, 1.165) is 36.3 Å². The molecule has 3 heterocycles. The van der Waals surface area contributed by atoms with Crippen LogP contribution in [-0.2, 0) is 6.54 Å². The van der Waals surface area contributed by atoms with Gasteiger partial charge >= 0.3 is 5.97 Å². The molecule has 0 amide bonds. The van der Waals surface area contributed by atoms with Crippen molar-refractivity contribution >= 4 is 16.9 Å². The normalized spacial score (nSPS) is 18.5. The van der Waals surface area contributed by atoms with Gasteiger partial charge in [0.1, 0.15) is 5.58 Å². The van der Waals surface area contributed by atoms with Crippen LogP contribution in [0.2, 0.25) is 0 Å². The van der Waals surface area contributed by atoms with Gasteiger partial charge in [-0.3, -0.25) is 4.90 Å². The summed E-state index contributed by atoms with van der Waals surface area (Å²) < 4.78 is 10.6. The molecule has 0 saturated carbocycles. The molecule has 0 aliphatic carbocycles. The maximum absolute atomic E-state index is 11.5. The number of aromatic nitrogens is 2. The molecule has 1 atom stereocenters. The van der Waals surface area contributed by atoms with E-state index in [-0.39, 0.29) is 11.7 Å². The number of carbonyl (C=O) groups is 1. The predicted molar refractivity (Wildman–Crippen MR) is 84.8 cm³/mol. The molecule has 1 N–H and O–H groups in total. The van der Waals surface area contributed by atoms with Crippen LogP contribution in [0.3, 0.4) is 0 Å². The summed E-state index contributed by atoms with van der Waals surface area (Å²) in [5, 5.41) is 14.3. The number of carboxylic acids is 1. The highest BCUT2D eigenvalue weighted by Gasteiger charge is 2.30. The van der Waals surface area contributed by atoms with E-state index >= 15 is 0 Å². The SMILES string of the molecule is Cc1nc(C2CCN(Cc3c(C(=O)O)oc4ccccc34)C2)no1. The van der Waals surface area contributed by atoms with E-state index < -0.39 is 5.97 Å². The zero-order valence-corrected chi connectivity index (χ0v) is 13.2. The Morgan fingerprint density at radius 3 is 3.00 bits per heavy atom. The fourth-order valence-corrected chi connectivity index (χ4v) is 3.32. The summed E-state index contributed by atoms with van der Waals surface area (Å²) in [6.45, 7) is 3.94. The van der Waals surface area contributed by atoms with Crippen LogP contribution >= 0.6 is 0 Å². The zero-order valence-electron chi connectivity index (χ0n) is 13.2. The first-order valence-electron chi connectivity index (χ1n) is 7.88. The summed E-state index contributed by atoms with van der Waals surface area (Å²) in [6, 6.07) is 7.42. The van der Waals surface area contributed by atoms with Gasteiger partial charge < -0.3 is 14.0 Å². The molecule has 3 aromatic rings. The second kappa shape index (κ2) is 5.76. The van der Waals surface area contributed by atoms with E-state index in [1.165, 1.54) is 0 Å². The zero-order chi connectivity index (χ0) is 16.7. The molecule has 1 saturated heterocycles. The summed E-state index contributed by atoms with van der Waals surface area (Å²) in [7, 11) is 0. The first-order chi connectivity index (χ1) is 11.6. The van der Waals surface area contributed by atoms with Crippen LogP contribution in [0, 0.1) is 6.92 Å². The van der Waals surface area contributed by atoms with Crippen molar-refractivity contribution in [3.05, 3.63) is 47.3 Å². The first kappa shape index (κ1) is 14.9. The smallest absolute Gasteiger partial charge is 0.372 e. The number of rotatable bonds is 4. The summed E-state index contributed by atoms with van der Waals surface area (Å²) in [6.07, 6.45) is 0.928. The fourth-order valence-electron chi connectivity index (χ4n) is 3.32. The van der Waals surface area contributed by atoms with E-state index in [2.05, 4.69) is 15.0 Å². The highest BCUT2D eigenvalue weighted by molar-refractivity contribution is 5.95. The number of hydrogen-bond acceptors (Lipinski definition) is 6. The molecule has 1 aliphatic rings. The number of carboxylic acid groups (broad SMARTS) is 1. The molecule has 1 aliphatic heterocycles. The Morgan fingerprint density at radius 2 is 2.25 bits per heavy atom. The van der Waals surface area contributed by atoms with Crippen molar-refractivity contribution < 1.29 is 18.8 Å². The third-order valence-electron chi connectivity index (χ3n) is 4.46. The number of aromatic carboxylic acids is 1. The van der Waals surface area contributed by atoms with Crippen molar-refractivity contribution in [2.24, 2.45) is 0 Å². The molecule has 124 valence electrons. The Labute approximate surface area is 137 Å². The van der Waals surface area contributed by atoms with Gasteiger partial charge in [-0.2, -0.15) is 4.98 Å². The molecule has 1 unspecified atom stereocenters. The Morgan fingerprint density at radius 1 is 1.42 bits per heavy atom. The second-order valence-electron chi connectivity index (χ2n) is 6.10. The summed E-state index contributed by atoms with van der Waals surface area (Å²) >= 11 is 0. The molecule has 24 heavy (non-hydrogen) atoms. The lowest BCUT2D eigenvalue weighted by Crippen LogP contribution is -2.21. The Hall–Kier alpha value is -2.67. The van der Waals surface area contributed by atoms with Gasteiger partial charge in [0.2, 0.25) is 11.7 Å². The van der Waals surface area contributed by atoms with E-state index in [1.54, 1.807) is 13.0 Å². The van der Waals surface area contributed by atoms with Gasteiger partial charge in [-0.25, -0.2) is 4.79 Å². The minimum absolute atomic E-state index is 0.0232. The molecular formula is C17H17N3O4. The average Bonchev–Trinajstić information content (AvgIpc) is 3.27. The number of para-hydroxylation sites is 1. The van der Waals surface area contributed by atoms with Gasteiger partial charge in [-0.15, -0.1) is 0 Å². The van der Waals surface area contributed by atoms with Crippen molar-refractivity contribution in [1.82, 2.24) is 15.0 Å². The molecule has 4 rings (SSSR count). The van der Waals surface area contributed by atoms with Crippen molar-refractivity contribution in [3.8, 4) is 0 Å². The third-order valence-corrected chi connectivity index (χ3v) is 4.46. The first-order valence-corrected chi connectivity index (χ1v) is 7.88. The molecular weight excluding hydrogens is 310 g/mol. The van der Waals surface area contributed by atoms with Gasteiger partial charge in [0.25, 0.3) is 0 Å². The van der Waals surface area contributed by atoms with E-state index in [9.17, 15) is 9.90 Å². The molecule has 0 radical (unpaired) electrons. The predicted octanol–water partition coefficient (Wildman–Crippen LogP) is 2.81. The van der Waals surface area contributed by atoms with Crippen molar-refractivity contribution in [2.75, 3.05) is 13.1 Å². The van der Waals surface area contributed by atoms with Crippen molar-refractivity contribution in [2.45, 2.75) is 25.8 Å².